The highest BCUT2D eigenvalue weighted by molar-refractivity contribution is 7.88. The molecule has 1 atom stereocenters. The highest BCUT2D eigenvalue weighted by Crippen LogP contribution is 2.27. The van der Waals surface area contributed by atoms with Gasteiger partial charge in [-0.25, -0.2) is 12.7 Å². The summed E-state index contributed by atoms with van der Waals surface area (Å²) < 4.78 is 32.3. The smallest absolute Gasteiger partial charge is 0.228 e. The average Bonchev–Trinajstić information content (AvgIpc) is 2.71. The van der Waals surface area contributed by atoms with Crippen molar-refractivity contribution in [1.29, 1.82) is 0 Å². The van der Waals surface area contributed by atoms with E-state index in [1.807, 2.05) is 18.2 Å². The lowest BCUT2D eigenvalue weighted by molar-refractivity contribution is -0.120. The van der Waals surface area contributed by atoms with Crippen molar-refractivity contribution >= 4 is 44.8 Å². The van der Waals surface area contributed by atoms with Crippen molar-refractivity contribution in [3.05, 3.63) is 63.6 Å². The Morgan fingerprint density at radius 1 is 1.23 bits per heavy atom. The first-order valence-corrected chi connectivity index (χ1v) is 12.0. The van der Waals surface area contributed by atoms with Crippen LogP contribution in [0, 0.1) is 5.92 Å². The predicted octanol–water partition coefficient (Wildman–Crippen LogP) is 4.32. The number of sulfonamides is 1. The van der Waals surface area contributed by atoms with E-state index in [-0.39, 0.29) is 18.2 Å². The molecule has 3 rings (SSSR count). The number of ether oxygens (including phenoxy) is 1. The molecule has 1 amide bonds. The van der Waals surface area contributed by atoms with E-state index in [4.69, 9.17) is 27.9 Å². The van der Waals surface area contributed by atoms with E-state index in [9.17, 15) is 13.2 Å². The number of hydrogen-bond acceptors (Lipinski definition) is 4. The first-order valence-electron chi connectivity index (χ1n) is 9.59. The van der Waals surface area contributed by atoms with Gasteiger partial charge in [-0.3, -0.25) is 4.79 Å². The molecular formula is C21H24Cl2N2O4S. The van der Waals surface area contributed by atoms with Gasteiger partial charge in [0, 0.05) is 35.9 Å². The van der Waals surface area contributed by atoms with E-state index in [2.05, 4.69) is 5.32 Å². The third-order valence-electron chi connectivity index (χ3n) is 5.01. The molecule has 0 bridgehead atoms. The highest BCUT2D eigenvalue weighted by Gasteiger charge is 2.32. The normalized spacial score (nSPS) is 17.6. The third kappa shape index (κ3) is 5.95. The fourth-order valence-electron chi connectivity index (χ4n) is 3.49. The molecule has 162 valence electrons. The fraction of sp³-hybridized carbons (Fsp3) is 0.381. The average molecular weight is 471 g/mol. The van der Waals surface area contributed by atoms with Crippen LogP contribution in [0.15, 0.2) is 42.5 Å². The molecule has 30 heavy (non-hydrogen) atoms. The van der Waals surface area contributed by atoms with E-state index >= 15 is 0 Å². The summed E-state index contributed by atoms with van der Waals surface area (Å²) in [6.45, 7) is 0.990. The van der Waals surface area contributed by atoms with Crippen LogP contribution in [0.1, 0.15) is 24.0 Å². The van der Waals surface area contributed by atoms with Gasteiger partial charge >= 0.3 is 0 Å². The van der Waals surface area contributed by atoms with Crippen LogP contribution in [0.2, 0.25) is 10.0 Å². The van der Waals surface area contributed by atoms with Crippen LogP contribution in [0.3, 0.4) is 0 Å². The minimum atomic E-state index is -3.62. The van der Waals surface area contributed by atoms with Gasteiger partial charge in [0.25, 0.3) is 0 Å². The second-order valence-corrected chi connectivity index (χ2v) is 10.1. The molecule has 1 N–H and O–H groups in total. The first kappa shape index (κ1) is 23.0. The van der Waals surface area contributed by atoms with Crippen LogP contribution in [-0.4, -0.2) is 38.8 Å². The lowest BCUT2D eigenvalue weighted by Crippen LogP contribution is -2.44. The minimum Gasteiger partial charge on any atom is -0.380 e. The number of nitrogens with one attached hydrogen (secondary N) is 1. The van der Waals surface area contributed by atoms with Crippen LogP contribution < -0.4 is 5.32 Å². The standard InChI is InChI=1S/C21H24Cl2N2O4S/c1-29-13-15-4-2-6-19(10-15)24-21(26)16-5-3-9-25(12-16)30(27,28)14-17-7-8-18(22)11-20(17)23/h2,4,6-8,10-11,16H,3,5,9,12-14H2,1H3,(H,24,26)/t16-/m1/s1. The van der Waals surface area contributed by atoms with Crippen LogP contribution in [0.5, 0.6) is 0 Å². The zero-order chi connectivity index (χ0) is 21.7. The summed E-state index contributed by atoms with van der Waals surface area (Å²) in [5.41, 5.74) is 2.10. The number of halogens is 2. The van der Waals surface area contributed by atoms with Gasteiger partial charge in [-0.05, 0) is 48.2 Å². The maximum atomic E-state index is 12.9. The Bertz CT molecular complexity index is 1010. The lowest BCUT2D eigenvalue weighted by Gasteiger charge is -2.31. The van der Waals surface area contributed by atoms with Crippen LogP contribution >= 0.6 is 23.2 Å². The molecule has 1 heterocycles. The SMILES string of the molecule is COCc1cccc(NC(=O)[C@@H]2CCCN(S(=O)(=O)Cc3ccc(Cl)cc3Cl)C2)c1. The molecule has 9 heteroatoms. The number of benzene rings is 2. The number of carbonyl (C=O) groups excluding carboxylic acids is 1. The molecule has 1 saturated heterocycles. The first-order chi connectivity index (χ1) is 14.3. The Labute approximate surface area is 187 Å². The number of methoxy groups -OCH3 is 1. The number of hydrogen-bond donors (Lipinski definition) is 1. The van der Waals surface area contributed by atoms with Crippen LogP contribution in [0.4, 0.5) is 5.69 Å². The number of rotatable bonds is 7. The van der Waals surface area contributed by atoms with Crippen molar-refractivity contribution < 1.29 is 17.9 Å². The summed E-state index contributed by atoms with van der Waals surface area (Å²) in [5, 5.41) is 3.66. The van der Waals surface area contributed by atoms with E-state index in [1.54, 1.807) is 25.3 Å². The van der Waals surface area contributed by atoms with Crippen molar-refractivity contribution in [1.82, 2.24) is 4.31 Å². The zero-order valence-corrected chi connectivity index (χ0v) is 18.9. The van der Waals surface area contributed by atoms with Crippen LogP contribution in [0.25, 0.3) is 0 Å². The quantitative estimate of drug-likeness (QED) is 0.653. The van der Waals surface area contributed by atoms with E-state index in [0.29, 0.717) is 47.3 Å². The Morgan fingerprint density at radius 3 is 2.77 bits per heavy atom. The van der Waals surface area contributed by atoms with Gasteiger partial charge in [-0.1, -0.05) is 41.4 Å². The topological polar surface area (TPSA) is 75.7 Å². The van der Waals surface area contributed by atoms with Gasteiger partial charge in [0.1, 0.15) is 0 Å². The summed E-state index contributed by atoms with van der Waals surface area (Å²) >= 11 is 12.0. The molecule has 0 spiro atoms. The molecule has 1 fully saturated rings. The van der Waals surface area contributed by atoms with Gasteiger partial charge in [0.15, 0.2) is 0 Å². The molecule has 1 aliphatic rings. The Morgan fingerprint density at radius 2 is 2.03 bits per heavy atom. The Balaban J connectivity index is 1.66. The van der Waals surface area contributed by atoms with Crippen molar-refractivity contribution in [2.24, 2.45) is 5.92 Å². The summed E-state index contributed by atoms with van der Waals surface area (Å²) in [7, 11) is -2.01. The summed E-state index contributed by atoms with van der Waals surface area (Å²) in [4.78, 5) is 12.8. The molecule has 2 aromatic rings. The monoisotopic (exact) mass is 470 g/mol. The maximum Gasteiger partial charge on any atom is 0.228 e. The summed E-state index contributed by atoms with van der Waals surface area (Å²) in [6, 6.07) is 12.2. The minimum absolute atomic E-state index is 0.150. The summed E-state index contributed by atoms with van der Waals surface area (Å²) in [6.07, 6.45) is 1.26. The Hall–Kier alpha value is -1.64. The third-order valence-corrected chi connectivity index (χ3v) is 7.39. The molecular weight excluding hydrogens is 447 g/mol. The molecule has 0 saturated carbocycles. The lowest BCUT2D eigenvalue weighted by atomic mass is 9.98. The van der Waals surface area contributed by atoms with E-state index < -0.39 is 15.9 Å². The van der Waals surface area contributed by atoms with Crippen molar-refractivity contribution in [2.75, 3.05) is 25.5 Å². The van der Waals surface area contributed by atoms with Gasteiger partial charge in [0.2, 0.25) is 15.9 Å². The van der Waals surface area contributed by atoms with Crippen LogP contribution in [-0.2, 0) is 31.9 Å². The van der Waals surface area contributed by atoms with Crippen molar-refractivity contribution in [2.45, 2.75) is 25.2 Å². The van der Waals surface area contributed by atoms with Gasteiger partial charge in [0.05, 0.1) is 18.3 Å². The second-order valence-electron chi connectivity index (χ2n) is 7.31. The number of carbonyl (C=O) groups is 1. The Kier molecular flexibility index (Phi) is 7.76. The number of nitrogens with zero attached hydrogens (tertiary/aromatic N) is 1. The number of amides is 1. The molecule has 0 aliphatic carbocycles. The highest BCUT2D eigenvalue weighted by atomic mass is 35.5. The molecule has 6 nitrogen and oxygen atoms in total. The zero-order valence-electron chi connectivity index (χ0n) is 16.6. The second kappa shape index (κ2) is 10.1. The van der Waals surface area contributed by atoms with Gasteiger partial charge in [-0.15, -0.1) is 0 Å². The van der Waals surface area contributed by atoms with Crippen molar-refractivity contribution in [3.63, 3.8) is 0 Å². The molecule has 2 aromatic carbocycles. The number of anilines is 1. The molecule has 0 aromatic heterocycles. The molecule has 0 radical (unpaired) electrons. The van der Waals surface area contributed by atoms with E-state index in [0.717, 1.165) is 5.56 Å². The van der Waals surface area contributed by atoms with Gasteiger partial charge < -0.3 is 10.1 Å². The molecule has 0 unspecified atom stereocenters. The fourth-order valence-corrected chi connectivity index (χ4v) is 5.68. The number of piperidine rings is 1. The van der Waals surface area contributed by atoms with E-state index in [1.165, 1.54) is 10.4 Å². The van der Waals surface area contributed by atoms with Gasteiger partial charge in [-0.2, -0.15) is 0 Å². The largest absolute Gasteiger partial charge is 0.380 e. The summed E-state index contributed by atoms with van der Waals surface area (Å²) in [5.74, 6) is -0.828. The van der Waals surface area contributed by atoms with Crippen molar-refractivity contribution in [3.8, 4) is 0 Å². The maximum absolute atomic E-state index is 12.9. The molecule has 1 aliphatic heterocycles. The predicted molar refractivity (Wildman–Crippen MR) is 119 cm³/mol.